The van der Waals surface area contributed by atoms with E-state index < -0.39 is 4.92 Å². The number of aromatic nitrogens is 2. The maximum Gasteiger partial charge on any atom is 0.328 e. The van der Waals surface area contributed by atoms with E-state index in [1.807, 2.05) is 0 Å². The van der Waals surface area contributed by atoms with Crippen LogP contribution in [0.5, 0.6) is 0 Å². The molecule has 0 aliphatic rings. The highest BCUT2D eigenvalue weighted by molar-refractivity contribution is 5.65. The topological polar surface area (TPSA) is 108 Å². The zero-order chi connectivity index (χ0) is 14.0. The molecule has 8 nitrogen and oxygen atoms in total. The molecule has 0 amide bonds. The number of nitro benzene ring substituents is 1. The number of nitrogens with two attached hydrogens (primary N) is 1. The number of nitro groups is 1. The lowest BCUT2D eigenvalue weighted by Crippen LogP contribution is -2.23. The molecule has 3 N–H and O–H groups in total. The van der Waals surface area contributed by atoms with Crippen molar-refractivity contribution in [2.45, 2.75) is 6.54 Å². The smallest absolute Gasteiger partial charge is 0.318 e. The van der Waals surface area contributed by atoms with Gasteiger partial charge in [-0.25, -0.2) is 4.79 Å². The molecule has 0 aliphatic heterocycles. The van der Waals surface area contributed by atoms with Crippen LogP contribution in [0.2, 0.25) is 0 Å². The Hall–Kier alpha value is -2.61. The van der Waals surface area contributed by atoms with Crippen LogP contribution in [0, 0.1) is 10.1 Å². The highest BCUT2D eigenvalue weighted by atomic mass is 16.6. The van der Waals surface area contributed by atoms with Crippen molar-refractivity contribution >= 4 is 11.4 Å². The fourth-order valence-corrected chi connectivity index (χ4v) is 1.85. The van der Waals surface area contributed by atoms with E-state index in [4.69, 9.17) is 5.84 Å². The fraction of sp³-hybridized carbons (Fsp3) is 0.182. The molecule has 0 aliphatic carbocycles. The minimum Gasteiger partial charge on any atom is -0.318 e. The van der Waals surface area contributed by atoms with E-state index >= 15 is 0 Å². The first kappa shape index (κ1) is 12.8. The number of para-hydroxylation sites is 1. The van der Waals surface area contributed by atoms with Crippen LogP contribution in [0.25, 0.3) is 0 Å². The van der Waals surface area contributed by atoms with Crippen LogP contribution in [0.15, 0.2) is 35.4 Å². The number of hydrazine groups is 1. The standard InChI is InChI=1S/C11H13N5O3/c1-14-5-6-15(11(14)17)7-8-3-2-4-9(16(18)19)10(8)13-12/h2-6,13H,7,12H2,1H3. The van der Waals surface area contributed by atoms with Gasteiger partial charge in [0.1, 0.15) is 5.69 Å². The summed E-state index contributed by atoms with van der Waals surface area (Å²) in [4.78, 5) is 22.1. The number of nitrogens with one attached hydrogen (secondary N) is 1. The molecule has 0 unspecified atom stereocenters. The van der Waals surface area contributed by atoms with Crippen LogP contribution in [-0.4, -0.2) is 14.1 Å². The van der Waals surface area contributed by atoms with Crippen LogP contribution in [0.1, 0.15) is 5.56 Å². The lowest BCUT2D eigenvalue weighted by atomic mass is 10.1. The number of benzene rings is 1. The molecule has 8 heteroatoms. The van der Waals surface area contributed by atoms with E-state index in [0.29, 0.717) is 5.56 Å². The monoisotopic (exact) mass is 263 g/mol. The van der Waals surface area contributed by atoms with E-state index in [0.717, 1.165) is 0 Å². The second kappa shape index (κ2) is 4.94. The van der Waals surface area contributed by atoms with Crippen molar-refractivity contribution in [3.05, 3.63) is 56.8 Å². The van der Waals surface area contributed by atoms with E-state index in [9.17, 15) is 14.9 Å². The quantitative estimate of drug-likeness (QED) is 0.472. The number of hydrogen-bond donors (Lipinski definition) is 2. The van der Waals surface area contributed by atoms with E-state index in [1.54, 1.807) is 31.6 Å². The van der Waals surface area contributed by atoms with Gasteiger partial charge in [0, 0.05) is 31.1 Å². The molecule has 2 aromatic rings. The van der Waals surface area contributed by atoms with Gasteiger partial charge in [0.25, 0.3) is 5.69 Å². The average molecular weight is 263 g/mol. The first-order valence-corrected chi connectivity index (χ1v) is 5.49. The molecule has 0 saturated carbocycles. The Morgan fingerprint density at radius 3 is 2.68 bits per heavy atom. The number of nitrogens with zero attached hydrogens (tertiary/aromatic N) is 3. The largest absolute Gasteiger partial charge is 0.328 e. The maximum atomic E-state index is 11.7. The second-order valence-electron chi connectivity index (χ2n) is 4.03. The predicted octanol–water partition coefficient (Wildman–Crippen LogP) is 0.429. The van der Waals surface area contributed by atoms with Crippen molar-refractivity contribution in [3.8, 4) is 0 Å². The highest BCUT2D eigenvalue weighted by Crippen LogP contribution is 2.27. The van der Waals surface area contributed by atoms with Crippen LogP contribution in [-0.2, 0) is 13.6 Å². The number of nitrogen functional groups attached to an aromatic ring is 1. The summed E-state index contributed by atoms with van der Waals surface area (Å²) in [6, 6.07) is 4.59. The van der Waals surface area contributed by atoms with E-state index in [2.05, 4.69) is 5.43 Å². The van der Waals surface area contributed by atoms with E-state index in [-0.39, 0.29) is 23.6 Å². The van der Waals surface area contributed by atoms with Crippen LogP contribution >= 0.6 is 0 Å². The molecule has 0 fully saturated rings. The van der Waals surface area contributed by atoms with Crippen molar-refractivity contribution in [3.63, 3.8) is 0 Å². The van der Waals surface area contributed by atoms with Crippen LogP contribution in [0.4, 0.5) is 11.4 Å². The first-order valence-electron chi connectivity index (χ1n) is 5.49. The summed E-state index contributed by atoms with van der Waals surface area (Å²) in [5, 5.41) is 10.9. The van der Waals surface area contributed by atoms with Crippen molar-refractivity contribution < 1.29 is 4.92 Å². The Kier molecular flexibility index (Phi) is 3.34. The zero-order valence-electron chi connectivity index (χ0n) is 10.2. The summed E-state index contributed by atoms with van der Waals surface area (Å²) in [6.07, 6.45) is 3.23. The third-order valence-corrected chi connectivity index (χ3v) is 2.83. The molecule has 100 valence electrons. The molecule has 0 radical (unpaired) electrons. The molecule has 0 saturated heterocycles. The highest BCUT2D eigenvalue weighted by Gasteiger charge is 2.17. The Morgan fingerprint density at radius 2 is 2.16 bits per heavy atom. The van der Waals surface area contributed by atoms with Crippen LogP contribution in [0.3, 0.4) is 0 Å². The molecular weight excluding hydrogens is 250 g/mol. The Labute approximate surface area is 108 Å². The summed E-state index contributed by atoms with van der Waals surface area (Å²) in [5.74, 6) is 5.34. The molecule has 1 aromatic heterocycles. The minimum atomic E-state index is -0.521. The number of aryl methyl sites for hydroxylation is 1. The Morgan fingerprint density at radius 1 is 1.42 bits per heavy atom. The number of hydrogen-bond acceptors (Lipinski definition) is 5. The van der Waals surface area contributed by atoms with Crippen molar-refractivity contribution in [1.82, 2.24) is 9.13 Å². The average Bonchev–Trinajstić information content (AvgIpc) is 2.70. The third-order valence-electron chi connectivity index (χ3n) is 2.83. The summed E-state index contributed by atoms with van der Waals surface area (Å²) >= 11 is 0. The van der Waals surface area contributed by atoms with Gasteiger partial charge in [-0.15, -0.1) is 0 Å². The zero-order valence-corrected chi connectivity index (χ0v) is 10.2. The summed E-state index contributed by atoms with van der Waals surface area (Å²) < 4.78 is 2.87. The predicted molar refractivity (Wildman–Crippen MR) is 69.7 cm³/mol. The van der Waals surface area contributed by atoms with Gasteiger partial charge in [0.05, 0.1) is 11.5 Å². The van der Waals surface area contributed by atoms with Gasteiger partial charge in [-0.1, -0.05) is 12.1 Å². The van der Waals surface area contributed by atoms with Crippen molar-refractivity contribution in [1.29, 1.82) is 0 Å². The second-order valence-corrected chi connectivity index (χ2v) is 4.03. The number of rotatable bonds is 4. The molecule has 0 spiro atoms. The van der Waals surface area contributed by atoms with Gasteiger partial charge >= 0.3 is 5.69 Å². The Bertz CT molecular complexity index is 673. The maximum absolute atomic E-state index is 11.7. The third kappa shape index (κ3) is 2.33. The summed E-state index contributed by atoms with van der Waals surface area (Å²) in [7, 11) is 1.63. The van der Waals surface area contributed by atoms with Crippen molar-refractivity contribution in [2.75, 3.05) is 5.43 Å². The fourth-order valence-electron chi connectivity index (χ4n) is 1.85. The van der Waals surface area contributed by atoms with Gasteiger partial charge in [0.2, 0.25) is 0 Å². The molecule has 2 rings (SSSR count). The lowest BCUT2D eigenvalue weighted by molar-refractivity contribution is -0.384. The van der Waals surface area contributed by atoms with Crippen molar-refractivity contribution in [2.24, 2.45) is 12.9 Å². The molecular formula is C11H13N5O3. The molecule has 1 aromatic carbocycles. The normalized spacial score (nSPS) is 10.4. The molecule has 1 heterocycles. The van der Waals surface area contributed by atoms with Crippen LogP contribution < -0.4 is 17.0 Å². The molecule has 0 atom stereocenters. The summed E-state index contributed by atoms with van der Waals surface area (Å²) in [6.45, 7) is 0.209. The minimum absolute atomic E-state index is 0.121. The molecule has 0 bridgehead atoms. The lowest BCUT2D eigenvalue weighted by Gasteiger charge is -2.09. The van der Waals surface area contributed by atoms with Gasteiger partial charge < -0.3 is 9.99 Å². The number of anilines is 1. The van der Waals surface area contributed by atoms with Gasteiger partial charge in [-0.05, 0) is 0 Å². The summed E-state index contributed by atoms with van der Waals surface area (Å²) in [5.41, 5.74) is 2.79. The first-order chi connectivity index (χ1) is 9.04. The van der Waals surface area contributed by atoms with Gasteiger partial charge in [-0.3, -0.25) is 20.5 Å². The van der Waals surface area contributed by atoms with E-state index in [1.165, 1.54) is 15.2 Å². The molecule has 19 heavy (non-hydrogen) atoms. The van der Waals surface area contributed by atoms with Gasteiger partial charge in [0.15, 0.2) is 0 Å². The van der Waals surface area contributed by atoms with Gasteiger partial charge in [-0.2, -0.15) is 0 Å². The Balaban J connectivity index is 2.46. The number of imidazole rings is 1. The SMILES string of the molecule is Cn1ccn(Cc2cccc([N+](=O)[O-])c2NN)c1=O.